The van der Waals surface area contributed by atoms with Crippen LogP contribution >= 0.6 is 0 Å². The fourth-order valence-corrected chi connectivity index (χ4v) is 2.95. The Bertz CT molecular complexity index is 611. The number of likely N-dealkylation sites (N-methyl/N-ethyl adjacent to an activating group) is 1. The van der Waals surface area contributed by atoms with Crippen molar-refractivity contribution < 1.29 is 9.84 Å². The summed E-state index contributed by atoms with van der Waals surface area (Å²) >= 11 is 0. The predicted molar refractivity (Wildman–Crippen MR) is 82.3 cm³/mol. The number of ether oxygens (including phenoxy) is 1. The van der Waals surface area contributed by atoms with Crippen LogP contribution in [0.5, 0.6) is 0 Å². The van der Waals surface area contributed by atoms with Crippen molar-refractivity contribution in [2.45, 2.75) is 25.6 Å². The van der Waals surface area contributed by atoms with E-state index in [-0.39, 0.29) is 6.10 Å². The van der Waals surface area contributed by atoms with Crippen molar-refractivity contribution in [3.05, 3.63) is 30.1 Å². The van der Waals surface area contributed by atoms with E-state index in [0.717, 1.165) is 36.5 Å². The van der Waals surface area contributed by atoms with Gasteiger partial charge in [-0.05, 0) is 18.7 Å². The molecule has 1 aromatic carbocycles. The summed E-state index contributed by atoms with van der Waals surface area (Å²) in [5.74, 6) is 0.904. The van der Waals surface area contributed by atoms with Crippen LogP contribution in [0.3, 0.4) is 0 Å². The highest BCUT2D eigenvalue weighted by molar-refractivity contribution is 5.75. The van der Waals surface area contributed by atoms with Crippen LogP contribution in [0.25, 0.3) is 11.0 Å². The van der Waals surface area contributed by atoms with Gasteiger partial charge in [-0.15, -0.1) is 0 Å². The van der Waals surface area contributed by atoms with Crippen LogP contribution in [0.15, 0.2) is 24.3 Å². The van der Waals surface area contributed by atoms with E-state index in [1.54, 1.807) is 0 Å². The van der Waals surface area contributed by atoms with Crippen LogP contribution in [-0.4, -0.2) is 58.0 Å². The molecule has 2 atom stereocenters. The maximum Gasteiger partial charge on any atom is 0.112 e. The Labute approximate surface area is 125 Å². The second-order valence-corrected chi connectivity index (χ2v) is 5.65. The fraction of sp³-hybridized carbons (Fsp3) is 0.562. The Balaban J connectivity index is 1.73. The van der Waals surface area contributed by atoms with Gasteiger partial charge < -0.3 is 14.4 Å². The summed E-state index contributed by atoms with van der Waals surface area (Å²) in [6, 6.07) is 8.04. The molecule has 2 aromatic rings. The normalized spacial score (nSPS) is 21.8. The number of fused-ring (bicyclic) bond motifs is 1. The van der Waals surface area contributed by atoms with E-state index in [0.29, 0.717) is 13.0 Å². The largest absolute Gasteiger partial charge is 0.390 e. The molecule has 1 fully saturated rings. The van der Waals surface area contributed by atoms with Crippen molar-refractivity contribution in [2.75, 3.05) is 26.2 Å². The van der Waals surface area contributed by atoms with Gasteiger partial charge in [0.2, 0.25) is 0 Å². The lowest BCUT2D eigenvalue weighted by atomic mass is 10.1. The van der Waals surface area contributed by atoms with E-state index >= 15 is 0 Å². The van der Waals surface area contributed by atoms with Gasteiger partial charge >= 0.3 is 0 Å². The first kappa shape index (κ1) is 14.5. The molecule has 2 unspecified atom stereocenters. The van der Waals surface area contributed by atoms with Gasteiger partial charge in [-0.1, -0.05) is 19.1 Å². The van der Waals surface area contributed by atoms with E-state index in [2.05, 4.69) is 21.4 Å². The number of hydrogen-bond donors (Lipinski definition) is 1. The first-order valence-corrected chi connectivity index (χ1v) is 7.61. The topological polar surface area (TPSA) is 50.5 Å². The summed E-state index contributed by atoms with van der Waals surface area (Å²) < 4.78 is 7.78. The predicted octanol–water partition coefficient (Wildman–Crippen LogP) is 1.20. The molecule has 0 aliphatic carbocycles. The monoisotopic (exact) mass is 289 g/mol. The molecule has 1 saturated heterocycles. The van der Waals surface area contributed by atoms with E-state index in [1.807, 2.05) is 31.3 Å². The number of benzene rings is 1. The summed E-state index contributed by atoms with van der Waals surface area (Å²) in [7, 11) is 2.00. The van der Waals surface area contributed by atoms with Gasteiger partial charge in [-0.25, -0.2) is 4.98 Å². The molecule has 114 valence electrons. The van der Waals surface area contributed by atoms with Gasteiger partial charge in [0, 0.05) is 26.6 Å². The molecular weight excluding hydrogens is 266 g/mol. The standard InChI is InChI=1S/C16H23N3O2/c1-3-19-8-9-21-15(11-19)14(20)10-16-17-12-6-4-5-7-13(12)18(16)2/h4-7,14-15,20H,3,8-11H2,1-2H3. The molecule has 3 rings (SSSR count). The number of rotatable bonds is 4. The zero-order chi connectivity index (χ0) is 14.8. The van der Waals surface area contributed by atoms with Gasteiger partial charge in [0.15, 0.2) is 0 Å². The van der Waals surface area contributed by atoms with Gasteiger partial charge in [-0.3, -0.25) is 4.90 Å². The second-order valence-electron chi connectivity index (χ2n) is 5.65. The lowest BCUT2D eigenvalue weighted by molar-refractivity contribution is -0.0873. The fourth-order valence-electron chi connectivity index (χ4n) is 2.95. The third-order valence-electron chi connectivity index (χ3n) is 4.33. The van der Waals surface area contributed by atoms with Gasteiger partial charge in [-0.2, -0.15) is 0 Å². The van der Waals surface area contributed by atoms with Crippen LogP contribution < -0.4 is 0 Å². The van der Waals surface area contributed by atoms with Crippen molar-refractivity contribution in [3.8, 4) is 0 Å². The number of aliphatic hydroxyl groups excluding tert-OH is 1. The van der Waals surface area contributed by atoms with Crippen LogP contribution in [0.4, 0.5) is 0 Å². The summed E-state index contributed by atoms with van der Waals surface area (Å²) in [4.78, 5) is 6.93. The molecule has 1 N–H and O–H groups in total. The smallest absolute Gasteiger partial charge is 0.112 e. The highest BCUT2D eigenvalue weighted by Crippen LogP contribution is 2.18. The Morgan fingerprint density at radius 3 is 3.00 bits per heavy atom. The molecule has 0 amide bonds. The Morgan fingerprint density at radius 2 is 2.24 bits per heavy atom. The van der Waals surface area contributed by atoms with Crippen molar-refractivity contribution in [3.63, 3.8) is 0 Å². The third kappa shape index (κ3) is 2.95. The first-order valence-electron chi connectivity index (χ1n) is 7.61. The van der Waals surface area contributed by atoms with Gasteiger partial charge in [0.25, 0.3) is 0 Å². The van der Waals surface area contributed by atoms with Gasteiger partial charge in [0.05, 0.1) is 29.8 Å². The zero-order valence-electron chi connectivity index (χ0n) is 12.7. The van der Waals surface area contributed by atoms with E-state index in [9.17, 15) is 5.11 Å². The second kappa shape index (κ2) is 6.13. The van der Waals surface area contributed by atoms with E-state index in [1.165, 1.54) is 0 Å². The average Bonchev–Trinajstić information content (AvgIpc) is 2.84. The average molecular weight is 289 g/mol. The van der Waals surface area contributed by atoms with Crippen LogP contribution in [0, 0.1) is 0 Å². The molecule has 21 heavy (non-hydrogen) atoms. The number of aryl methyl sites for hydroxylation is 1. The maximum atomic E-state index is 10.5. The molecule has 0 bridgehead atoms. The Morgan fingerprint density at radius 1 is 1.43 bits per heavy atom. The molecule has 1 aliphatic rings. The molecule has 1 aliphatic heterocycles. The molecule has 0 radical (unpaired) electrons. The number of imidazole rings is 1. The Kier molecular flexibility index (Phi) is 4.24. The number of nitrogens with zero attached hydrogens (tertiary/aromatic N) is 3. The summed E-state index contributed by atoms with van der Waals surface area (Å²) in [5.41, 5.74) is 2.07. The Hall–Kier alpha value is -1.43. The molecule has 1 aromatic heterocycles. The SMILES string of the molecule is CCN1CCOC(C(O)Cc2nc3ccccc3n2C)C1. The number of aromatic nitrogens is 2. The zero-order valence-corrected chi connectivity index (χ0v) is 12.7. The lowest BCUT2D eigenvalue weighted by Gasteiger charge is -2.34. The van der Waals surface area contributed by atoms with Crippen molar-refractivity contribution in [1.29, 1.82) is 0 Å². The minimum Gasteiger partial charge on any atom is -0.390 e. The maximum absolute atomic E-state index is 10.5. The first-order chi connectivity index (χ1) is 10.2. The van der Waals surface area contributed by atoms with E-state index < -0.39 is 6.10 Å². The molecule has 2 heterocycles. The number of hydrogen-bond acceptors (Lipinski definition) is 4. The van der Waals surface area contributed by atoms with Gasteiger partial charge in [0.1, 0.15) is 5.82 Å². The number of para-hydroxylation sites is 2. The molecule has 5 heteroatoms. The lowest BCUT2D eigenvalue weighted by Crippen LogP contribution is -2.48. The summed E-state index contributed by atoms with van der Waals surface area (Å²) in [6.07, 6.45) is -0.124. The van der Waals surface area contributed by atoms with E-state index in [4.69, 9.17) is 4.74 Å². The molecule has 0 saturated carbocycles. The van der Waals surface area contributed by atoms with Crippen LogP contribution in [0.2, 0.25) is 0 Å². The van der Waals surface area contributed by atoms with Crippen molar-refractivity contribution in [2.24, 2.45) is 7.05 Å². The minimum atomic E-state index is -0.519. The molecule has 5 nitrogen and oxygen atoms in total. The molecular formula is C16H23N3O2. The van der Waals surface area contributed by atoms with Crippen molar-refractivity contribution in [1.82, 2.24) is 14.5 Å². The minimum absolute atomic E-state index is 0.126. The highest BCUT2D eigenvalue weighted by atomic mass is 16.5. The van der Waals surface area contributed by atoms with Crippen LogP contribution in [0.1, 0.15) is 12.7 Å². The summed E-state index contributed by atoms with van der Waals surface area (Å²) in [6.45, 7) is 5.57. The summed E-state index contributed by atoms with van der Waals surface area (Å²) in [5, 5.41) is 10.5. The number of aliphatic hydroxyl groups is 1. The third-order valence-corrected chi connectivity index (χ3v) is 4.33. The highest BCUT2D eigenvalue weighted by Gasteiger charge is 2.27. The van der Waals surface area contributed by atoms with Crippen molar-refractivity contribution >= 4 is 11.0 Å². The van der Waals surface area contributed by atoms with Crippen LogP contribution in [-0.2, 0) is 18.2 Å². The quantitative estimate of drug-likeness (QED) is 0.919. The number of morpholine rings is 1. The molecule has 0 spiro atoms.